The molecule has 134 valence electrons. The Morgan fingerprint density at radius 1 is 1.12 bits per heavy atom. The van der Waals surface area contributed by atoms with Crippen molar-refractivity contribution in [2.75, 3.05) is 7.11 Å². The van der Waals surface area contributed by atoms with Crippen molar-refractivity contribution >= 4 is 12.1 Å². The van der Waals surface area contributed by atoms with Crippen molar-refractivity contribution in [1.29, 1.82) is 0 Å². The van der Waals surface area contributed by atoms with E-state index in [1.165, 1.54) is 38.2 Å². The maximum atomic E-state index is 13.7. The first-order chi connectivity index (χ1) is 10.8. The number of halogens is 3. The van der Waals surface area contributed by atoms with Crippen LogP contribution in [0.2, 0.25) is 0 Å². The Morgan fingerprint density at radius 2 is 1.67 bits per heavy atom. The van der Waals surface area contributed by atoms with E-state index in [0.717, 1.165) is 19.2 Å². The van der Waals surface area contributed by atoms with E-state index < -0.39 is 34.9 Å². The Morgan fingerprint density at radius 3 is 2.08 bits per heavy atom. The highest BCUT2D eigenvalue weighted by molar-refractivity contribution is 5.88. The second kappa shape index (κ2) is 6.58. The van der Waals surface area contributed by atoms with Crippen LogP contribution in [-0.2, 0) is 15.1 Å². The number of hydrogen-bond acceptors (Lipinski definition) is 4. The second-order valence-electron chi connectivity index (χ2n) is 5.88. The van der Waals surface area contributed by atoms with Crippen LogP contribution >= 0.6 is 0 Å². The predicted octanol–water partition coefficient (Wildman–Crippen LogP) is 3.06. The van der Waals surface area contributed by atoms with Crippen molar-refractivity contribution in [3.8, 4) is 5.75 Å². The van der Waals surface area contributed by atoms with Crippen molar-refractivity contribution in [3.63, 3.8) is 0 Å². The van der Waals surface area contributed by atoms with Crippen molar-refractivity contribution in [3.05, 3.63) is 29.8 Å². The molecule has 0 bridgehead atoms. The molecule has 1 aromatic rings. The minimum atomic E-state index is -5.36. The quantitative estimate of drug-likeness (QED) is 0.873. The maximum Gasteiger partial charge on any atom is 0.427 e. The van der Waals surface area contributed by atoms with Crippen LogP contribution in [0.3, 0.4) is 0 Å². The van der Waals surface area contributed by atoms with E-state index in [-0.39, 0.29) is 5.75 Å². The average molecular weight is 349 g/mol. The molecule has 24 heavy (non-hydrogen) atoms. The van der Waals surface area contributed by atoms with Gasteiger partial charge in [0.1, 0.15) is 11.4 Å². The van der Waals surface area contributed by atoms with Crippen LogP contribution in [-0.4, -0.2) is 36.1 Å². The van der Waals surface area contributed by atoms with Gasteiger partial charge in [-0.2, -0.15) is 13.2 Å². The number of hydrogen-bond donors (Lipinski definition) is 2. The average Bonchev–Trinajstić information content (AvgIpc) is 2.41. The Kier molecular flexibility index (Phi) is 5.37. The topological polar surface area (TPSA) is 84.9 Å². The van der Waals surface area contributed by atoms with Crippen molar-refractivity contribution in [1.82, 2.24) is 5.32 Å². The van der Waals surface area contributed by atoms with Gasteiger partial charge in [-0.3, -0.25) is 5.32 Å². The zero-order valence-electron chi connectivity index (χ0n) is 13.5. The molecule has 1 aromatic carbocycles. The van der Waals surface area contributed by atoms with Crippen LogP contribution < -0.4 is 10.1 Å². The van der Waals surface area contributed by atoms with E-state index in [1.54, 1.807) is 0 Å². The highest BCUT2D eigenvalue weighted by Gasteiger charge is 2.65. The number of carbonyl (C=O) groups is 2. The summed E-state index contributed by atoms with van der Waals surface area (Å²) in [7, 11) is 1.09. The van der Waals surface area contributed by atoms with Crippen LogP contribution in [0.25, 0.3) is 0 Å². The second-order valence-corrected chi connectivity index (χ2v) is 5.88. The first-order valence-electron chi connectivity index (χ1n) is 6.80. The van der Waals surface area contributed by atoms with Gasteiger partial charge in [0.2, 0.25) is 0 Å². The highest BCUT2D eigenvalue weighted by atomic mass is 19.4. The third-order valence-electron chi connectivity index (χ3n) is 2.95. The third kappa shape index (κ3) is 3.90. The van der Waals surface area contributed by atoms with Gasteiger partial charge < -0.3 is 14.6 Å². The van der Waals surface area contributed by atoms with Crippen molar-refractivity contribution in [2.24, 2.45) is 0 Å². The molecule has 0 aliphatic rings. The predicted molar refractivity (Wildman–Crippen MR) is 77.7 cm³/mol. The standard InChI is InChI=1S/C15H18F3NO5/c1-13(2,3)24-12(22)19-14(11(20)21,15(16,17)18)9-7-5-6-8-10(9)23-4/h5-8H,1-4H3,(H,19,22)(H,20,21). The SMILES string of the molecule is COc1ccccc1C(NC(=O)OC(C)(C)C)(C(=O)O)C(F)(F)F. The van der Waals surface area contributed by atoms with Gasteiger partial charge in [-0.05, 0) is 26.8 Å². The Hall–Kier alpha value is -2.45. The van der Waals surface area contributed by atoms with Gasteiger partial charge in [-0.1, -0.05) is 18.2 Å². The minimum Gasteiger partial charge on any atom is -0.496 e. The lowest BCUT2D eigenvalue weighted by atomic mass is 9.88. The Balaban J connectivity index is 3.53. The van der Waals surface area contributed by atoms with Gasteiger partial charge in [0.15, 0.2) is 0 Å². The Bertz CT molecular complexity index is 624. The zero-order chi connectivity index (χ0) is 18.8. The summed E-state index contributed by atoms with van der Waals surface area (Å²) in [4.78, 5) is 23.5. The summed E-state index contributed by atoms with van der Waals surface area (Å²) in [6, 6.07) is 4.66. The molecule has 2 N–H and O–H groups in total. The van der Waals surface area contributed by atoms with Crippen LogP contribution in [0.5, 0.6) is 5.75 Å². The molecule has 6 nitrogen and oxygen atoms in total. The zero-order valence-corrected chi connectivity index (χ0v) is 13.5. The number of benzene rings is 1. The molecule has 0 radical (unpaired) electrons. The van der Waals surface area contributed by atoms with E-state index in [9.17, 15) is 27.9 Å². The van der Waals surface area contributed by atoms with Crippen LogP contribution in [0.15, 0.2) is 24.3 Å². The number of para-hydroxylation sites is 1. The molecule has 0 aliphatic heterocycles. The normalized spacial score (nSPS) is 14.5. The number of alkyl carbamates (subject to hydrolysis) is 1. The molecule has 0 saturated heterocycles. The lowest BCUT2D eigenvalue weighted by Gasteiger charge is -2.34. The minimum absolute atomic E-state index is 0.340. The first-order valence-corrected chi connectivity index (χ1v) is 6.80. The first kappa shape index (κ1) is 19.6. The van der Waals surface area contributed by atoms with Crippen molar-refractivity contribution in [2.45, 2.75) is 38.1 Å². The lowest BCUT2D eigenvalue weighted by Crippen LogP contribution is -2.62. The summed E-state index contributed by atoms with van der Waals surface area (Å²) in [6.07, 6.45) is -6.88. The Labute approximate surface area is 136 Å². The largest absolute Gasteiger partial charge is 0.496 e. The smallest absolute Gasteiger partial charge is 0.427 e. The molecule has 0 saturated carbocycles. The number of ether oxygens (including phenoxy) is 2. The van der Waals surface area contributed by atoms with Crippen LogP contribution in [0.4, 0.5) is 18.0 Å². The monoisotopic (exact) mass is 349 g/mol. The number of carbonyl (C=O) groups excluding carboxylic acids is 1. The summed E-state index contributed by atoms with van der Waals surface area (Å²) >= 11 is 0. The van der Waals surface area contributed by atoms with Gasteiger partial charge in [-0.25, -0.2) is 9.59 Å². The fraction of sp³-hybridized carbons (Fsp3) is 0.467. The number of nitrogens with one attached hydrogen (secondary N) is 1. The molecule has 1 atom stereocenters. The summed E-state index contributed by atoms with van der Waals surface area (Å²) in [5.41, 5.74) is -5.60. The van der Waals surface area contributed by atoms with Crippen LogP contribution in [0, 0.1) is 0 Å². The van der Waals surface area contributed by atoms with E-state index in [1.807, 2.05) is 0 Å². The molecule has 0 aliphatic carbocycles. The molecular weight excluding hydrogens is 331 g/mol. The van der Waals surface area contributed by atoms with Crippen molar-refractivity contribution < 1.29 is 37.3 Å². The number of carboxylic acids is 1. The van der Waals surface area contributed by atoms with E-state index in [4.69, 9.17) is 9.47 Å². The number of rotatable bonds is 4. The molecule has 0 aromatic heterocycles. The lowest BCUT2D eigenvalue weighted by molar-refractivity contribution is -0.212. The van der Waals surface area contributed by atoms with Gasteiger partial charge >= 0.3 is 18.2 Å². The molecule has 1 rings (SSSR count). The van der Waals surface area contributed by atoms with Crippen LogP contribution in [0.1, 0.15) is 26.3 Å². The maximum absolute atomic E-state index is 13.7. The van der Waals surface area contributed by atoms with E-state index in [2.05, 4.69) is 0 Å². The molecule has 0 fully saturated rings. The number of carboxylic acid groups (broad SMARTS) is 1. The molecule has 1 amide bonds. The van der Waals surface area contributed by atoms with E-state index in [0.29, 0.717) is 0 Å². The molecule has 0 heterocycles. The molecule has 1 unspecified atom stereocenters. The molecular formula is C15H18F3NO5. The number of alkyl halides is 3. The fourth-order valence-corrected chi connectivity index (χ4v) is 1.99. The highest BCUT2D eigenvalue weighted by Crippen LogP contribution is 2.43. The summed E-state index contributed by atoms with van der Waals surface area (Å²) in [6.45, 7) is 4.31. The molecule has 9 heteroatoms. The summed E-state index contributed by atoms with van der Waals surface area (Å²) in [5, 5.41) is 10.8. The van der Waals surface area contributed by atoms with Gasteiger partial charge in [-0.15, -0.1) is 0 Å². The van der Waals surface area contributed by atoms with E-state index >= 15 is 0 Å². The summed E-state index contributed by atoms with van der Waals surface area (Å²) in [5.74, 6) is -2.65. The van der Waals surface area contributed by atoms with Gasteiger partial charge in [0.05, 0.1) is 7.11 Å². The fourth-order valence-electron chi connectivity index (χ4n) is 1.99. The third-order valence-corrected chi connectivity index (χ3v) is 2.95. The number of amides is 1. The number of methoxy groups -OCH3 is 1. The number of aliphatic carboxylic acids is 1. The van der Waals surface area contributed by atoms with Gasteiger partial charge in [0.25, 0.3) is 5.54 Å². The summed E-state index contributed by atoms with van der Waals surface area (Å²) < 4.78 is 50.7. The van der Waals surface area contributed by atoms with Gasteiger partial charge in [0, 0.05) is 5.56 Å². The molecule has 0 spiro atoms.